The van der Waals surface area contributed by atoms with Crippen molar-refractivity contribution < 1.29 is 14.3 Å². The van der Waals surface area contributed by atoms with E-state index in [9.17, 15) is 9.90 Å². The zero-order valence-electron chi connectivity index (χ0n) is 15.0. The summed E-state index contributed by atoms with van der Waals surface area (Å²) in [7, 11) is 0. The molecule has 0 aliphatic carbocycles. The van der Waals surface area contributed by atoms with Crippen molar-refractivity contribution in [3.63, 3.8) is 0 Å². The normalized spacial score (nSPS) is 20.6. The smallest absolute Gasteiger partial charge is 0.322 e. The number of hydrogen-bond acceptors (Lipinski definition) is 4. The second-order valence-corrected chi connectivity index (χ2v) is 6.73. The van der Waals surface area contributed by atoms with Crippen LogP contribution in [0.3, 0.4) is 0 Å². The van der Waals surface area contributed by atoms with E-state index in [1.165, 1.54) is 0 Å². The van der Waals surface area contributed by atoms with Crippen LogP contribution in [0.15, 0.2) is 28.7 Å². The van der Waals surface area contributed by atoms with Crippen LogP contribution in [-0.2, 0) is 0 Å². The van der Waals surface area contributed by atoms with Crippen LogP contribution in [0.4, 0.5) is 10.5 Å². The van der Waals surface area contributed by atoms with Gasteiger partial charge in [0.25, 0.3) is 0 Å². The van der Waals surface area contributed by atoms with Gasteiger partial charge in [-0.3, -0.25) is 0 Å². The standard InChI is InChI=1S/C19H25N3O3/c1-12-6-5-9-22(17(12)11-23)19(24)21-16-8-4-7-15(10-16)18-20-13(2)14(3)25-18/h4,7-8,10,12,17,23H,5-6,9,11H2,1-3H3,(H,21,24). The van der Waals surface area contributed by atoms with E-state index in [2.05, 4.69) is 17.2 Å². The fourth-order valence-corrected chi connectivity index (χ4v) is 3.30. The predicted octanol–water partition coefficient (Wildman–Crippen LogP) is 3.58. The summed E-state index contributed by atoms with van der Waals surface area (Å²) in [6.07, 6.45) is 1.99. The molecule has 1 fully saturated rings. The van der Waals surface area contributed by atoms with Crippen LogP contribution in [0.1, 0.15) is 31.2 Å². The van der Waals surface area contributed by atoms with Gasteiger partial charge in [0, 0.05) is 17.8 Å². The molecular weight excluding hydrogens is 318 g/mol. The fourth-order valence-electron chi connectivity index (χ4n) is 3.30. The van der Waals surface area contributed by atoms with Gasteiger partial charge in [0.2, 0.25) is 5.89 Å². The Bertz CT molecular complexity index is 737. The third kappa shape index (κ3) is 3.69. The predicted molar refractivity (Wildman–Crippen MR) is 96.4 cm³/mol. The summed E-state index contributed by atoms with van der Waals surface area (Å²) < 4.78 is 5.66. The number of nitrogens with one attached hydrogen (secondary N) is 1. The number of carbonyl (C=O) groups is 1. The van der Waals surface area contributed by atoms with Crippen molar-refractivity contribution in [1.29, 1.82) is 0 Å². The fraction of sp³-hybridized carbons (Fsp3) is 0.474. The van der Waals surface area contributed by atoms with E-state index >= 15 is 0 Å². The Morgan fingerprint density at radius 3 is 2.92 bits per heavy atom. The topological polar surface area (TPSA) is 78.6 Å². The highest BCUT2D eigenvalue weighted by Gasteiger charge is 2.31. The number of oxazole rings is 1. The maximum absolute atomic E-state index is 12.7. The van der Waals surface area contributed by atoms with Crippen molar-refractivity contribution in [2.24, 2.45) is 5.92 Å². The number of rotatable bonds is 3. The number of urea groups is 1. The maximum atomic E-state index is 12.7. The minimum absolute atomic E-state index is 0.0104. The molecule has 2 unspecified atom stereocenters. The molecule has 134 valence electrons. The highest BCUT2D eigenvalue weighted by atomic mass is 16.4. The lowest BCUT2D eigenvalue weighted by Gasteiger charge is -2.38. The molecule has 1 aliphatic rings. The number of likely N-dealkylation sites (tertiary alicyclic amines) is 1. The molecule has 2 aromatic rings. The van der Waals surface area contributed by atoms with Crippen molar-refractivity contribution in [2.45, 2.75) is 39.7 Å². The third-order valence-corrected chi connectivity index (χ3v) is 4.95. The van der Waals surface area contributed by atoms with Gasteiger partial charge in [-0.05, 0) is 50.8 Å². The van der Waals surface area contributed by atoms with Crippen molar-refractivity contribution in [3.05, 3.63) is 35.7 Å². The van der Waals surface area contributed by atoms with E-state index in [0.717, 1.165) is 29.9 Å². The van der Waals surface area contributed by atoms with E-state index in [1.54, 1.807) is 4.90 Å². The first-order chi connectivity index (χ1) is 12.0. The van der Waals surface area contributed by atoms with Gasteiger partial charge in [0.1, 0.15) is 5.76 Å². The molecule has 0 saturated carbocycles. The van der Waals surface area contributed by atoms with Gasteiger partial charge in [-0.15, -0.1) is 0 Å². The molecule has 0 spiro atoms. The van der Waals surface area contributed by atoms with Crippen molar-refractivity contribution in [1.82, 2.24) is 9.88 Å². The lowest BCUT2D eigenvalue weighted by molar-refractivity contribution is 0.0811. The first-order valence-electron chi connectivity index (χ1n) is 8.72. The molecular formula is C19H25N3O3. The Hall–Kier alpha value is -2.34. The monoisotopic (exact) mass is 343 g/mol. The van der Waals surface area contributed by atoms with Crippen LogP contribution < -0.4 is 5.32 Å². The molecule has 6 heteroatoms. The highest BCUT2D eigenvalue weighted by Crippen LogP contribution is 2.26. The van der Waals surface area contributed by atoms with Gasteiger partial charge in [-0.1, -0.05) is 13.0 Å². The van der Waals surface area contributed by atoms with E-state index in [1.807, 2.05) is 38.1 Å². The molecule has 2 heterocycles. The van der Waals surface area contributed by atoms with Crippen LogP contribution in [-0.4, -0.2) is 40.2 Å². The first-order valence-corrected chi connectivity index (χ1v) is 8.72. The number of piperidine rings is 1. The highest BCUT2D eigenvalue weighted by molar-refractivity contribution is 5.90. The number of hydrogen-bond donors (Lipinski definition) is 2. The zero-order chi connectivity index (χ0) is 18.0. The van der Waals surface area contributed by atoms with E-state index in [-0.39, 0.29) is 18.7 Å². The Labute approximate surface area is 147 Å². The Balaban J connectivity index is 1.76. The summed E-state index contributed by atoms with van der Waals surface area (Å²) in [5, 5.41) is 12.6. The van der Waals surface area contributed by atoms with Crippen LogP contribution >= 0.6 is 0 Å². The summed E-state index contributed by atoms with van der Waals surface area (Å²) in [5.41, 5.74) is 2.36. The first kappa shape index (κ1) is 17.5. The molecule has 3 rings (SSSR count). The van der Waals surface area contributed by atoms with Gasteiger partial charge in [0.15, 0.2) is 0 Å². The Morgan fingerprint density at radius 1 is 1.44 bits per heavy atom. The van der Waals surface area contributed by atoms with Crippen LogP contribution in [0, 0.1) is 19.8 Å². The second-order valence-electron chi connectivity index (χ2n) is 6.73. The van der Waals surface area contributed by atoms with E-state index in [0.29, 0.717) is 24.0 Å². The maximum Gasteiger partial charge on any atom is 0.322 e. The molecule has 1 saturated heterocycles. The van der Waals surface area contributed by atoms with Crippen LogP contribution in [0.2, 0.25) is 0 Å². The average molecular weight is 343 g/mol. The number of nitrogens with zero attached hydrogens (tertiary/aromatic N) is 2. The SMILES string of the molecule is Cc1nc(-c2cccc(NC(=O)N3CCCC(C)C3CO)c2)oc1C. The third-order valence-electron chi connectivity index (χ3n) is 4.95. The number of aliphatic hydroxyl groups is 1. The summed E-state index contributed by atoms with van der Waals surface area (Å²) in [6, 6.07) is 7.15. The van der Waals surface area contributed by atoms with Crippen molar-refractivity contribution in [2.75, 3.05) is 18.5 Å². The summed E-state index contributed by atoms with van der Waals surface area (Å²) in [6.45, 7) is 6.52. The minimum Gasteiger partial charge on any atom is -0.441 e. The molecule has 1 aliphatic heterocycles. The summed E-state index contributed by atoms with van der Waals surface area (Å²) in [4.78, 5) is 18.8. The lowest BCUT2D eigenvalue weighted by atomic mass is 9.91. The van der Waals surface area contributed by atoms with Crippen molar-refractivity contribution >= 4 is 11.7 Å². The molecule has 1 aromatic carbocycles. The van der Waals surface area contributed by atoms with Crippen molar-refractivity contribution in [3.8, 4) is 11.5 Å². The lowest BCUT2D eigenvalue weighted by Crippen LogP contribution is -2.51. The van der Waals surface area contributed by atoms with Crippen LogP contribution in [0.25, 0.3) is 11.5 Å². The van der Waals surface area contributed by atoms with Gasteiger partial charge in [0.05, 0.1) is 18.3 Å². The zero-order valence-corrected chi connectivity index (χ0v) is 15.0. The van der Waals surface area contributed by atoms with E-state index < -0.39 is 0 Å². The van der Waals surface area contributed by atoms with Gasteiger partial charge < -0.3 is 19.7 Å². The van der Waals surface area contributed by atoms with Gasteiger partial charge >= 0.3 is 6.03 Å². The summed E-state index contributed by atoms with van der Waals surface area (Å²) >= 11 is 0. The molecule has 25 heavy (non-hydrogen) atoms. The second kappa shape index (κ2) is 7.27. The number of amides is 2. The van der Waals surface area contributed by atoms with Crippen LogP contribution in [0.5, 0.6) is 0 Å². The van der Waals surface area contributed by atoms with Gasteiger partial charge in [-0.2, -0.15) is 0 Å². The molecule has 0 bridgehead atoms. The Kier molecular flexibility index (Phi) is 5.08. The number of anilines is 1. The summed E-state index contributed by atoms with van der Waals surface area (Å²) in [5.74, 6) is 1.64. The molecule has 2 N–H and O–H groups in total. The number of aryl methyl sites for hydroxylation is 2. The molecule has 2 atom stereocenters. The number of benzene rings is 1. The number of carbonyl (C=O) groups excluding carboxylic acids is 1. The van der Waals surface area contributed by atoms with E-state index in [4.69, 9.17) is 4.42 Å². The number of aromatic nitrogens is 1. The molecule has 0 radical (unpaired) electrons. The molecule has 1 aromatic heterocycles. The average Bonchev–Trinajstić information content (AvgIpc) is 2.94. The Morgan fingerprint density at radius 2 is 2.24 bits per heavy atom. The minimum atomic E-state index is -0.178. The molecule has 2 amide bonds. The van der Waals surface area contributed by atoms with Gasteiger partial charge in [-0.25, -0.2) is 9.78 Å². The quantitative estimate of drug-likeness (QED) is 0.893. The molecule has 6 nitrogen and oxygen atoms in total. The largest absolute Gasteiger partial charge is 0.441 e. The number of aliphatic hydroxyl groups excluding tert-OH is 1.